The molecule has 0 atom stereocenters. The molecule has 0 aliphatic heterocycles. The van der Waals surface area contributed by atoms with Crippen molar-refractivity contribution in [1.29, 1.82) is 0 Å². The Hall–Kier alpha value is -0.670. The Morgan fingerprint density at radius 3 is 2.56 bits per heavy atom. The summed E-state index contributed by atoms with van der Waals surface area (Å²) < 4.78 is 0. The predicted octanol–water partition coefficient (Wildman–Crippen LogP) is 4.91. The molecular formula is C14H13Cl2NS. The number of halogens is 2. The van der Waals surface area contributed by atoms with E-state index < -0.39 is 0 Å². The zero-order valence-corrected chi connectivity index (χ0v) is 12.2. The van der Waals surface area contributed by atoms with Crippen LogP contribution in [0.2, 0.25) is 10.0 Å². The van der Waals surface area contributed by atoms with Crippen molar-refractivity contribution in [3.8, 4) is 0 Å². The quantitative estimate of drug-likeness (QED) is 0.871. The molecule has 0 bridgehead atoms. The second-order valence-electron chi connectivity index (χ2n) is 3.95. The third-order valence-electron chi connectivity index (χ3n) is 2.62. The predicted molar refractivity (Wildman–Crippen MR) is 79.7 cm³/mol. The summed E-state index contributed by atoms with van der Waals surface area (Å²) in [4.78, 5) is 2.26. The van der Waals surface area contributed by atoms with Crippen LogP contribution in [0.15, 0.2) is 46.2 Å². The first-order valence-corrected chi connectivity index (χ1v) is 7.10. The van der Waals surface area contributed by atoms with E-state index in [9.17, 15) is 0 Å². The van der Waals surface area contributed by atoms with E-state index in [0.29, 0.717) is 16.6 Å². The first-order chi connectivity index (χ1) is 8.61. The third-order valence-corrected chi connectivity index (χ3v) is 4.64. The molecule has 0 radical (unpaired) electrons. The van der Waals surface area contributed by atoms with Crippen molar-refractivity contribution in [3.63, 3.8) is 0 Å². The van der Waals surface area contributed by atoms with Crippen molar-refractivity contribution in [2.24, 2.45) is 5.73 Å². The second kappa shape index (κ2) is 5.98. The topological polar surface area (TPSA) is 26.0 Å². The highest BCUT2D eigenvalue weighted by Crippen LogP contribution is 2.35. The fourth-order valence-electron chi connectivity index (χ4n) is 1.68. The molecule has 0 aliphatic rings. The van der Waals surface area contributed by atoms with Crippen LogP contribution < -0.4 is 5.73 Å². The minimum atomic E-state index is 0.533. The average molecular weight is 298 g/mol. The standard InChI is InChI=1S/C14H13Cl2NS/c1-9-3-2-4-10(8-17)14(9)18-11-5-6-12(15)13(16)7-11/h2-7H,8,17H2,1H3. The van der Waals surface area contributed by atoms with E-state index in [4.69, 9.17) is 28.9 Å². The molecule has 2 aromatic carbocycles. The smallest absolute Gasteiger partial charge is 0.0603 e. The van der Waals surface area contributed by atoms with Crippen LogP contribution in [-0.2, 0) is 6.54 Å². The Kier molecular flexibility index (Phi) is 4.57. The van der Waals surface area contributed by atoms with Gasteiger partial charge in [0.25, 0.3) is 0 Å². The highest BCUT2D eigenvalue weighted by atomic mass is 35.5. The Balaban J connectivity index is 2.36. The van der Waals surface area contributed by atoms with Gasteiger partial charge < -0.3 is 5.73 Å². The summed E-state index contributed by atoms with van der Waals surface area (Å²) in [5.74, 6) is 0. The Bertz CT molecular complexity index is 570. The first-order valence-electron chi connectivity index (χ1n) is 5.53. The molecule has 4 heteroatoms. The third kappa shape index (κ3) is 3.01. The normalized spacial score (nSPS) is 10.7. The molecule has 0 aliphatic carbocycles. The molecule has 0 unspecified atom stereocenters. The van der Waals surface area contributed by atoms with Crippen molar-refractivity contribution in [2.45, 2.75) is 23.3 Å². The van der Waals surface area contributed by atoms with Gasteiger partial charge in [0.2, 0.25) is 0 Å². The number of hydrogen-bond acceptors (Lipinski definition) is 2. The number of nitrogens with two attached hydrogens (primary N) is 1. The van der Waals surface area contributed by atoms with Gasteiger partial charge in [-0.1, -0.05) is 53.2 Å². The van der Waals surface area contributed by atoms with Crippen LogP contribution in [0.1, 0.15) is 11.1 Å². The fraction of sp³-hybridized carbons (Fsp3) is 0.143. The molecule has 2 N–H and O–H groups in total. The van der Waals surface area contributed by atoms with E-state index in [1.54, 1.807) is 11.8 Å². The van der Waals surface area contributed by atoms with E-state index in [1.165, 1.54) is 10.5 Å². The van der Waals surface area contributed by atoms with Gasteiger partial charge in [0.05, 0.1) is 10.0 Å². The summed E-state index contributed by atoms with van der Waals surface area (Å²) >= 11 is 13.6. The monoisotopic (exact) mass is 297 g/mol. The molecule has 0 amide bonds. The molecule has 0 heterocycles. The maximum Gasteiger partial charge on any atom is 0.0603 e. The summed E-state index contributed by atoms with van der Waals surface area (Å²) in [6.45, 7) is 2.62. The van der Waals surface area contributed by atoms with Gasteiger partial charge in [-0.3, -0.25) is 0 Å². The second-order valence-corrected chi connectivity index (χ2v) is 5.84. The summed E-state index contributed by atoms with van der Waals surface area (Å²) in [5, 5.41) is 1.15. The SMILES string of the molecule is Cc1cccc(CN)c1Sc1ccc(Cl)c(Cl)c1. The van der Waals surface area contributed by atoms with E-state index in [2.05, 4.69) is 13.0 Å². The lowest BCUT2D eigenvalue weighted by Crippen LogP contribution is -1.99. The van der Waals surface area contributed by atoms with Crippen molar-refractivity contribution in [2.75, 3.05) is 0 Å². The highest BCUT2D eigenvalue weighted by molar-refractivity contribution is 7.99. The Morgan fingerprint density at radius 1 is 1.11 bits per heavy atom. The van der Waals surface area contributed by atoms with Gasteiger partial charge in [-0.15, -0.1) is 0 Å². The van der Waals surface area contributed by atoms with Gasteiger partial charge in [0.1, 0.15) is 0 Å². The van der Waals surface area contributed by atoms with Gasteiger partial charge in [-0.2, -0.15) is 0 Å². The van der Waals surface area contributed by atoms with Gasteiger partial charge in [0.15, 0.2) is 0 Å². The minimum absolute atomic E-state index is 0.533. The van der Waals surface area contributed by atoms with Gasteiger partial charge in [-0.05, 0) is 36.2 Å². The Morgan fingerprint density at radius 2 is 1.89 bits per heavy atom. The van der Waals surface area contributed by atoms with Crippen LogP contribution in [0.25, 0.3) is 0 Å². The van der Waals surface area contributed by atoms with Gasteiger partial charge in [0, 0.05) is 16.3 Å². The molecule has 94 valence electrons. The number of rotatable bonds is 3. The van der Waals surface area contributed by atoms with Crippen molar-refractivity contribution in [3.05, 3.63) is 57.6 Å². The lowest BCUT2D eigenvalue weighted by molar-refractivity contribution is 1.01. The van der Waals surface area contributed by atoms with Crippen LogP contribution in [0.5, 0.6) is 0 Å². The molecule has 0 aromatic heterocycles. The van der Waals surface area contributed by atoms with E-state index >= 15 is 0 Å². The molecular weight excluding hydrogens is 285 g/mol. The fourth-order valence-corrected chi connectivity index (χ4v) is 3.10. The van der Waals surface area contributed by atoms with Crippen LogP contribution in [-0.4, -0.2) is 0 Å². The van der Waals surface area contributed by atoms with E-state index in [-0.39, 0.29) is 0 Å². The van der Waals surface area contributed by atoms with Gasteiger partial charge >= 0.3 is 0 Å². The van der Waals surface area contributed by atoms with Crippen LogP contribution >= 0.6 is 35.0 Å². The Labute approximate surface area is 121 Å². The van der Waals surface area contributed by atoms with Crippen molar-refractivity contribution < 1.29 is 0 Å². The summed E-state index contributed by atoms with van der Waals surface area (Å²) in [7, 11) is 0. The number of aryl methyl sites for hydroxylation is 1. The van der Waals surface area contributed by atoms with Crippen molar-refractivity contribution in [1.82, 2.24) is 0 Å². The zero-order valence-electron chi connectivity index (χ0n) is 9.91. The zero-order chi connectivity index (χ0) is 13.1. The maximum absolute atomic E-state index is 6.02. The molecule has 0 saturated heterocycles. The van der Waals surface area contributed by atoms with E-state index in [0.717, 1.165) is 10.5 Å². The van der Waals surface area contributed by atoms with Crippen LogP contribution in [0.4, 0.5) is 0 Å². The minimum Gasteiger partial charge on any atom is -0.326 e. The number of benzene rings is 2. The summed E-state index contributed by atoms with van der Waals surface area (Å²) in [6, 6.07) is 11.8. The molecule has 2 aromatic rings. The molecule has 1 nitrogen and oxygen atoms in total. The molecule has 2 rings (SSSR count). The van der Waals surface area contributed by atoms with Crippen molar-refractivity contribution >= 4 is 35.0 Å². The highest BCUT2D eigenvalue weighted by Gasteiger charge is 2.07. The largest absolute Gasteiger partial charge is 0.326 e. The molecule has 0 saturated carbocycles. The van der Waals surface area contributed by atoms with Gasteiger partial charge in [-0.25, -0.2) is 0 Å². The average Bonchev–Trinajstić information content (AvgIpc) is 2.36. The van der Waals surface area contributed by atoms with Crippen LogP contribution in [0, 0.1) is 6.92 Å². The molecule has 18 heavy (non-hydrogen) atoms. The molecule has 0 spiro atoms. The summed E-state index contributed by atoms with van der Waals surface area (Å²) in [6.07, 6.45) is 0. The van der Waals surface area contributed by atoms with Crippen LogP contribution in [0.3, 0.4) is 0 Å². The molecule has 0 fully saturated rings. The summed E-state index contributed by atoms with van der Waals surface area (Å²) in [5.41, 5.74) is 8.13. The lowest BCUT2D eigenvalue weighted by atomic mass is 10.1. The number of hydrogen-bond donors (Lipinski definition) is 1. The maximum atomic E-state index is 6.02. The van der Waals surface area contributed by atoms with E-state index in [1.807, 2.05) is 30.3 Å². The first kappa shape index (κ1) is 13.8. The lowest BCUT2D eigenvalue weighted by Gasteiger charge is -2.11.